The van der Waals surface area contributed by atoms with Crippen LogP contribution < -0.4 is 5.32 Å². The maximum absolute atomic E-state index is 8.32. The summed E-state index contributed by atoms with van der Waals surface area (Å²) >= 11 is 0. The Balaban J connectivity index is 2.32. The Labute approximate surface area is 67.3 Å². The molecular weight excluding hydrogens is 140 g/mol. The smallest absolute Gasteiger partial charge is 0.134 e. The molecular formula is C8H14N2O. The monoisotopic (exact) mass is 154 g/mol. The summed E-state index contributed by atoms with van der Waals surface area (Å²) in [6.07, 6.45) is 2.20. The third-order valence-corrected chi connectivity index (χ3v) is 2.04. The van der Waals surface area contributed by atoms with Crippen molar-refractivity contribution in [2.24, 2.45) is 0 Å². The highest BCUT2D eigenvalue weighted by molar-refractivity contribution is 4.84. The minimum absolute atomic E-state index is 0.103. The summed E-state index contributed by atoms with van der Waals surface area (Å²) in [6, 6.07) is 1.99. The number of nitrogens with zero attached hydrogens (tertiary/aromatic N) is 1. The van der Waals surface area contributed by atoms with E-state index in [4.69, 9.17) is 10.00 Å². The summed E-state index contributed by atoms with van der Waals surface area (Å²) in [5.41, 5.74) is -0.103. The topological polar surface area (TPSA) is 45.0 Å². The van der Waals surface area contributed by atoms with Gasteiger partial charge in [-0.1, -0.05) is 0 Å². The average Bonchev–Trinajstić information content (AvgIpc) is 2.03. The minimum Gasteiger partial charge on any atom is -0.359 e. The normalized spacial score (nSPS) is 31.3. The van der Waals surface area contributed by atoms with E-state index in [9.17, 15) is 0 Å². The predicted octanol–water partition coefficient (Wildman–Crippen LogP) is 0.669. The van der Waals surface area contributed by atoms with Crippen LogP contribution in [0, 0.1) is 11.3 Å². The Hall–Kier alpha value is -0.590. The summed E-state index contributed by atoms with van der Waals surface area (Å²) in [6.45, 7) is 4.20. The number of hydrogen-bond donors (Lipinski definition) is 1. The zero-order valence-electron chi connectivity index (χ0n) is 6.89. The molecule has 0 amide bonds. The van der Waals surface area contributed by atoms with E-state index in [-0.39, 0.29) is 12.2 Å². The van der Waals surface area contributed by atoms with Gasteiger partial charge in [-0.2, -0.15) is 5.26 Å². The molecule has 62 valence electrons. The van der Waals surface area contributed by atoms with E-state index in [1.165, 1.54) is 0 Å². The van der Waals surface area contributed by atoms with E-state index in [0.717, 1.165) is 25.9 Å². The molecule has 0 aromatic rings. The van der Waals surface area contributed by atoms with Crippen LogP contribution in [0.4, 0.5) is 0 Å². The molecule has 0 aliphatic carbocycles. The van der Waals surface area contributed by atoms with Crippen LogP contribution in [0.2, 0.25) is 0 Å². The summed E-state index contributed by atoms with van der Waals surface area (Å²) in [4.78, 5) is 0. The van der Waals surface area contributed by atoms with Gasteiger partial charge in [0.1, 0.15) is 6.61 Å². The molecule has 0 saturated carbocycles. The molecule has 1 aliphatic rings. The maximum atomic E-state index is 8.32. The molecule has 11 heavy (non-hydrogen) atoms. The molecule has 1 N–H and O–H groups in total. The molecule has 0 aromatic carbocycles. The summed E-state index contributed by atoms with van der Waals surface area (Å²) in [5.74, 6) is 0. The number of ether oxygens (including phenoxy) is 1. The van der Waals surface area contributed by atoms with E-state index in [2.05, 4.69) is 12.2 Å². The third kappa shape index (κ3) is 2.49. The lowest BCUT2D eigenvalue weighted by Crippen LogP contribution is -2.45. The first kappa shape index (κ1) is 8.51. The van der Waals surface area contributed by atoms with Gasteiger partial charge < -0.3 is 10.1 Å². The Morgan fingerprint density at radius 3 is 3.09 bits per heavy atom. The molecule has 1 saturated heterocycles. The van der Waals surface area contributed by atoms with Crippen LogP contribution in [0.5, 0.6) is 0 Å². The molecule has 1 heterocycles. The van der Waals surface area contributed by atoms with Crippen LogP contribution in [0.15, 0.2) is 0 Å². The Bertz CT molecular complexity index is 156. The molecule has 1 rings (SSSR count). The Morgan fingerprint density at radius 1 is 1.73 bits per heavy atom. The van der Waals surface area contributed by atoms with E-state index in [1.807, 2.05) is 6.07 Å². The minimum atomic E-state index is -0.103. The van der Waals surface area contributed by atoms with Gasteiger partial charge in [0.05, 0.1) is 11.7 Å². The van der Waals surface area contributed by atoms with Gasteiger partial charge in [0.2, 0.25) is 0 Å². The van der Waals surface area contributed by atoms with Gasteiger partial charge in [-0.15, -0.1) is 0 Å². The van der Waals surface area contributed by atoms with Crippen molar-refractivity contribution in [2.75, 3.05) is 19.7 Å². The van der Waals surface area contributed by atoms with Gasteiger partial charge in [0, 0.05) is 6.54 Å². The first-order chi connectivity index (χ1) is 5.27. The highest BCUT2D eigenvalue weighted by atomic mass is 16.5. The van der Waals surface area contributed by atoms with Gasteiger partial charge in [0.15, 0.2) is 0 Å². The first-order valence-electron chi connectivity index (χ1n) is 3.98. The number of rotatable bonds is 2. The van der Waals surface area contributed by atoms with Gasteiger partial charge in [-0.25, -0.2) is 0 Å². The fraction of sp³-hybridized carbons (Fsp3) is 0.875. The summed E-state index contributed by atoms with van der Waals surface area (Å²) < 4.78 is 5.40. The summed E-state index contributed by atoms with van der Waals surface area (Å²) in [7, 11) is 0. The number of piperidine rings is 1. The lowest BCUT2D eigenvalue weighted by Gasteiger charge is -2.33. The molecule has 3 nitrogen and oxygen atoms in total. The van der Waals surface area contributed by atoms with Crippen LogP contribution in [-0.2, 0) is 4.74 Å². The van der Waals surface area contributed by atoms with Crippen molar-refractivity contribution in [2.45, 2.75) is 25.4 Å². The molecule has 0 radical (unpaired) electrons. The molecule has 1 unspecified atom stereocenters. The van der Waals surface area contributed by atoms with Crippen LogP contribution in [-0.4, -0.2) is 25.3 Å². The highest BCUT2D eigenvalue weighted by Gasteiger charge is 2.26. The van der Waals surface area contributed by atoms with Crippen molar-refractivity contribution >= 4 is 0 Å². The standard InChI is InChI=1S/C8H14N2O/c1-8(11-6-4-9)3-2-5-10-7-8/h10H,2-3,5-7H2,1H3. The van der Waals surface area contributed by atoms with Gasteiger partial charge >= 0.3 is 0 Å². The first-order valence-corrected chi connectivity index (χ1v) is 3.98. The van der Waals surface area contributed by atoms with Crippen molar-refractivity contribution < 1.29 is 4.74 Å². The van der Waals surface area contributed by atoms with Gasteiger partial charge in [0.25, 0.3) is 0 Å². The van der Waals surface area contributed by atoms with Crippen LogP contribution in [0.25, 0.3) is 0 Å². The number of nitrogens with one attached hydrogen (secondary N) is 1. The zero-order chi connectivity index (χ0) is 8.16. The highest BCUT2D eigenvalue weighted by Crippen LogP contribution is 2.19. The second-order valence-corrected chi connectivity index (χ2v) is 3.18. The van der Waals surface area contributed by atoms with Gasteiger partial charge in [-0.3, -0.25) is 0 Å². The van der Waals surface area contributed by atoms with Crippen molar-refractivity contribution in [1.29, 1.82) is 5.26 Å². The molecule has 3 heteroatoms. The molecule has 1 aliphatic heterocycles. The van der Waals surface area contributed by atoms with E-state index in [1.54, 1.807) is 0 Å². The molecule has 0 bridgehead atoms. The van der Waals surface area contributed by atoms with Crippen molar-refractivity contribution in [3.8, 4) is 6.07 Å². The lowest BCUT2D eigenvalue weighted by molar-refractivity contribution is -0.0303. The predicted molar refractivity (Wildman–Crippen MR) is 42.1 cm³/mol. The maximum Gasteiger partial charge on any atom is 0.134 e. The van der Waals surface area contributed by atoms with Gasteiger partial charge in [-0.05, 0) is 26.3 Å². The molecule has 1 atom stereocenters. The molecule has 0 aromatic heterocycles. The molecule has 0 spiro atoms. The second-order valence-electron chi connectivity index (χ2n) is 3.18. The van der Waals surface area contributed by atoms with E-state index < -0.39 is 0 Å². The SMILES string of the molecule is CC1(OCC#N)CCCNC1. The van der Waals surface area contributed by atoms with Crippen LogP contribution in [0.1, 0.15) is 19.8 Å². The fourth-order valence-corrected chi connectivity index (χ4v) is 1.36. The molecule has 1 fully saturated rings. The zero-order valence-corrected chi connectivity index (χ0v) is 6.89. The quantitative estimate of drug-likeness (QED) is 0.635. The fourth-order valence-electron chi connectivity index (χ4n) is 1.36. The van der Waals surface area contributed by atoms with Crippen molar-refractivity contribution in [3.05, 3.63) is 0 Å². The Kier molecular flexibility index (Phi) is 2.86. The van der Waals surface area contributed by atoms with Crippen molar-refractivity contribution in [3.63, 3.8) is 0 Å². The lowest BCUT2D eigenvalue weighted by atomic mass is 9.96. The Morgan fingerprint density at radius 2 is 2.55 bits per heavy atom. The van der Waals surface area contributed by atoms with E-state index in [0.29, 0.717) is 0 Å². The average molecular weight is 154 g/mol. The number of nitriles is 1. The van der Waals surface area contributed by atoms with Crippen LogP contribution in [0.3, 0.4) is 0 Å². The van der Waals surface area contributed by atoms with Crippen molar-refractivity contribution in [1.82, 2.24) is 5.32 Å². The summed E-state index contributed by atoms with van der Waals surface area (Å²) in [5, 5.41) is 11.6. The second kappa shape index (κ2) is 3.70. The largest absolute Gasteiger partial charge is 0.359 e. The number of hydrogen-bond acceptors (Lipinski definition) is 3. The third-order valence-electron chi connectivity index (χ3n) is 2.04. The van der Waals surface area contributed by atoms with Crippen LogP contribution >= 0.6 is 0 Å². The van der Waals surface area contributed by atoms with E-state index >= 15 is 0 Å².